The summed E-state index contributed by atoms with van der Waals surface area (Å²) in [4.78, 5) is 14.8. The molecule has 1 unspecified atom stereocenters. The van der Waals surface area contributed by atoms with Crippen molar-refractivity contribution in [3.05, 3.63) is 0 Å². The highest BCUT2D eigenvalue weighted by atomic mass is 16.5. The Morgan fingerprint density at radius 1 is 1.12 bits per heavy atom. The molecule has 0 aromatic heterocycles. The number of likely N-dealkylation sites (tertiary alicyclic amines) is 1. The van der Waals surface area contributed by atoms with Crippen molar-refractivity contribution in [1.82, 2.24) is 4.90 Å². The average molecular weight is 370 g/mol. The van der Waals surface area contributed by atoms with Crippen LogP contribution in [-0.2, 0) is 23.7 Å². The molecular weight excluding hydrogens is 334 g/mol. The molecule has 6 heteroatoms. The summed E-state index contributed by atoms with van der Waals surface area (Å²) in [7, 11) is 0. The first-order valence-electron chi connectivity index (χ1n) is 10.3. The lowest BCUT2D eigenvalue weighted by Crippen LogP contribution is -2.53. The second kappa shape index (κ2) is 9.49. The normalized spacial score (nSPS) is 27.2. The van der Waals surface area contributed by atoms with Crippen LogP contribution in [0.4, 0.5) is 0 Å². The van der Waals surface area contributed by atoms with Gasteiger partial charge in [0.05, 0.1) is 31.0 Å². The fourth-order valence-corrected chi connectivity index (χ4v) is 4.31. The van der Waals surface area contributed by atoms with Crippen molar-refractivity contribution >= 4 is 5.91 Å². The summed E-state index contributed by atoms with van der Waals surface area (Å²) in [6.45, 7) is 9.18. The van der Waals surface area contributed by atoms with Crippen molar-refractivity contribution in [2.24, 2.45) is 5.92 Å². The molecule has 6 nitrogen and oxygen atoms in total. The lowest BCUT2D eigenvalue weighted by molar-refractivity contribution is -0.166. The van der Waals surface area contributed by atoms with Gasteiger partial charge >= 0.3 is 0 Å². The number of nitrogens with zero attached hydrogens (tertiary/aromatic N) is 1. The topological polar surface area (TPSA) is 57.2 Å². The van der Waals surface area contributed by atoms with Gasteiger partial charge < -0.3 is 23.8 Å². The van der Waals surface area contributed by atoms with Crippen molar-refractivity contribution in [3.8, 4) is 0 Å². The summed E-state index contributed by atoms with van der Waals surface area (Å²) in [5, 5.41) is 0. The van der Waals surface area contributed by atoms with Gasteiger partial charge in [-0.3, -0.25) is 4.79 Å². The van der Waals surface area contributed by atoms with Gasteiger partial charge in [0.25, 0.3) is 0 Å². The smallest absolute Gasteiger partial charge is 0.225 e. The zero-order valence-electron chi connectivity index (χ0n) is 16.4. The van der Waals surface area contributed by atoms with E-state index in [0.29, 0.717) is 19.1 Å². The third-order valence-electron chi connectivity index (χ3n) is 5.89. The maximum atomic E-state index is 12.7. The molecule has 3 saturated heterocycles. The van der Waals surface area contributed by atoms with Gasteiger partial charge in [0, 0.05) is 45.2 Å². The van der Waals surface area contributed by atoms with E-state index in [-0.39, 0.29) is 23.7 Å². The first kappa shape index (κ1) is 20.1. The number of rotatable bonds is 6. The van der Waals surface area contributed by atoms with Crippen LogP contribution in [0.2, 0.25) is 0 Å². The molecule has 0 aromatic carbocycles. The first-order valence-corrected chi connectivity index (χ1v) is 10.3. The van der Waals surface area contributed by atoms with Crippen molar-refractivity contribution in [2.45, 2.75) is 70.2 Å². The molecule has 3 fully saturated rings. The number of amides is 1. The van der Waals surface area contributed by atoms with Gasteiger partial charge in [-0.05, 0) is 46.0 Å². The SMILES string of the molecule is CC(C)OCCOC1CCOC2(CCN(C(=O)C3CCOCC3)CC2)C1. The van der Waals surface area contributed by atoms with E-state index in [1.807, 2.05) is 18.7 Å². The lowest BCUT2D eigenvalue weighted by Gasteiger charge is -2.46. The summed E-state index contributed by atoms with van der Waals surface area (Å²) in [6, 6.07) is 0. The summed E-state index contributed by atoms with van der Waals surface area (Å²) >= 11 is 0. The van der Waals surface area contributed by atoms with Gasteiger partial charge in [-0.15, -0.1) is 0 Å². The van der Waals surface area contributed by atoms with Gasteiger partial charge in [0.15, 0.2) is 0 Å². The molecule has 0 radical (unpaired) electrons. The van der Waals surface area contributed by atoms with Crippen LogP contribution in [0.5, 0.6) is 0 Å². The maximum Gasteiger partial charge on any atom is 0.225 e. The van der Waals surface area contributed by atoms with Crippen LogP contribution in [0.25, 0.3) is 0 Å². The molecule has 0 aliphatic carbocycles. The van der Waals surface area contributed by atoms with E-state index in [1.165, 1.54) is 0 Å². The second-order valence-corrected chi connectivity index (χ2v) is 8.15. The van der Waals surface area contributed by atoms with Crippen molar-refractivity contribution in [3.63, 3.8) is 0 Å². The molecule has 1 spiro atoms. The van der Waals surface area contributed by atoms with Crippen LogP contribution >= 0.6 is 0 Å². The number of ether oxygens (including phenoxy) is 4. The van der Waals surface area contributed by atoms with Gasteiger partial charge in [0.2, 0.25) is 5.91 Å². The third-order valence-corrected chi connectivity index (χ3v) is 5.89. The Kier molecular flexibility index (Phi) is 7.32. The number of hydrogen-bond acceptors (Lipinski definition) is 5. The molecule has 1 amide bonds. The molecule has 0 saturated carbocycles. The molecule has 1 atom stereocenters. The second-order valence-electron chi connectivity index (χ2n) is 8.15. The lowest BCUT2D eigenvalue weighted by atomic mass is 9.82. The van der Waals surface area contributed by atoms with E-state index < -0.39 is 0 Å². The molecule has 0 aromatic rings. The standard InChI is InChI=1S/C20H35NO5/c1-16(2)24-13-14-25-18-5-12-26-20(15-18)6-8-21(9-7-20)19(22)17-3-10-23-11-4-17/h16-18H,3-15H2,1-2H3. The Hall–Kier alpha value is -0.690. The van der Waals surface area contributed by atoms with E-state index >= 15 is 0 Å². The van der Waals surface area contributed by atoms with Crippen molar-refractivity contribution in [1.29, 1.82) is 0 Å². The van der Waals surface area contributed by atoms with Crippen LogP contribution in [0.1, 0.15) is 52.4 Å². The van der Waals surface area contributed by atoms with Crippen LogP contribution in [0, 0.1) is 5.92 Å². The molecule has 26 heavy (non-hydrogen) atoms. The summed E-state index contributed by atoms with van der Waals surface area (Å²) in [5.74, 6) is 0.472. The predicted molar refractivity (Wildman–Crippen MR) is 98.1 cm³/mol. The minimum Gasteiger partial charge on any atom is -0.381 e. The van der Waals surface area contributed by atoms with Crippen LogP contribution in [0.3, 0.4) is 0 Å². The largest absolute Gasteiger partial charge is 0.381 e. The zero-order chi connectivity index (χ0) is 18.4. The highest BCUT2D eigenvalue weighted by molar-refractivity contribution is 5.79. The molecule has 0 bridgehead atoms. The average Bonchev–Trinajstić information content (AvgIpc) is 2.66. The Labute approximate surface area is 157 Å². The minimum absolute atomic E-state index is 0.103. The number of piperidine rings is 1. The van der Waals surface area contributed by atoms with Crippen LogP contribution in [0.15, 0.2) is 0 Å². The van der Waals surface area contributed by atoms with Crippen LogP contribution in [-0.4, -0.2) is 74.7 Å². The molecule has 0 N–H and O–H groups in total. The highest BCUT2D eigenvalue weighted by Crippen LogP contribution is 2.36. The Balaban J connectivity index is 1.42. The maximum absolute atomic E-state index is 12.7. The summed E-state index contributed by atoms with van der Waals surface area (Å²) in [5.41, 5.74) is -0.103. The Bertz CT molecular complexity index is 441. The fourth-order valence-electron chi connectivity index (χ4n) is 4.31. The number of carbonyl (C=O) groups excluding carboxylic acids is 1. The van der Waals surface area contributed by atoms with E-state index in [1.54, 1.807) is 0 Å². The predicted octanol–water partition coefficient (Wildman–Crippen LogP) is 2.39. The van der Waals surface area contributed by atoms with E-state index in [0.717, 1.165) is 71.4 Å². The molecule has 3 aliphatic heterocycles. The Morgan fingerprint density at radius 2 is 1.85 bits per heavy atom. The van der Waals surface area contributed by atoms with Gasteiger partial charge in [0.1, 0.15) is 0 Å². The third kappa shape index (κ3) is 5.41. The van der Waals surface area contributed by atoms with E-state index in [2.05, 4.69) is 0 Å². The number of hydrogen-bond donors (Lipinski definition) is 0. The van der Waals surface area contributed by atoms with Gasteiger partial charge in [-0.2, -0.15) is 0 Å². The molecule has 150 valence electrons. The first-order chi connectivity index (χ1) is 12.6. The van der Waals surface area contributed by atoms with Crippen molar-refractivity contribution < 1.29 is 23.7 Å². The molecular formula is C20H35NO5. The molecule has 3 aliphatic rings. The van der Waals surface area contributed by atoms with E-state index in [4.69, 9.17) is 18.9 Å². The van der Waals surface area contributed by atoms with Gasteiger partial charge in [-0.25, -0.2) is 0 Å². The summed E-state index contributed by atoms with van der Waals surface area (Å²) < 4.78 is 23.2. The quantitative estimate of drug-likeness (QED) is 0.673. The Morgan fingerprint density at radius 3 is 2.54 bits per heavy atom. The van der Waals surface area contributed by atoms with E-state index in [9.17, 15) is 4.79 Å². The monoisotopic (exact) mass is 369 g/mol. The van der Waals surface area contributed by atoms with Gasteiger partial charge in [-0.1, -0.05) is 0 Å². The van der Waals surface area contributed by atoms with Crippen LogP contribution < -0.4 is 0 Å². The zero-order valence-corrected chi connectivity index (χ0v) is 16.4. The van der Waals surface area contributed by atoms with Crippen molar-refractivity contribution in [2.75, 3.05) is 46.1 Å². The molecule has 3 heterocycles. The fraction of sp³-hybridized carbons (Fsp3) is 0.950. The summed E-state index contributed by atoms with van der Waals surface area (Å²) in [6.07, 6.45) is 5.96. The highest BCUT2D eigenvalue weighted by Gasteiger charge is 2.42. The molecule has 3 rings (SSSR count). The minimum atomic E-state index is -0.103. The number of carbonyl (C=O) groups is 1.